The lowest BCUT2D eigenvalue weighted by Crippen LogP contribution is -2.43. The average Bonchev–Trinajstić information content (AvgIpc) is 3.20. The van der Waals surface area contributed by atoms with Gasteiger partial charge in [0.2, 0.25) is 11.7 Å². The smallest absolute Gasteiger partial charge is 0.297 e. The lowest BCUT2D eigenvalue weighted by molar-refractivity contribution is -0.146. The summed E-state index contributed by atoms with van der Waals surface area (Å²) in [6.45, 7) is -0.285. The van der Waals surface area contributed by atoms with Crippen molar-refractivity contribution in [3.63, 3.8) is 0 Å². The highest BCUT2D eigenvalue weighted by Crippen LogP contribution is 2.37. The predicted molar refractivity (Wildman–Crippen MR) is 107 cm³/mol. The third kappa shape index (κ3) is 2.56. The number of carbonyl (C=O) groups excluding carboxylic acids is 4. The van der Waals surface area contributed by atoms with E-state index < -0.39 is 23.5 Å². The first-order valence-electron chi connectivity index (χ1n) is 9.33. The topological polar surface area (TPSA) is 74.8 Å². The monoisotopic (exact) mass is 384 g/mol. The minimum atomic E-state index is -0.814. The Morgan fingerprint density at radius 1 is 0.862 bits per heavy atom. The maximum Gasteiger partial charge on any atom is 0.297 e. The Morgan fingerprint density at radius 3 is 2.34 bits per heavy atom. The molecule has 0 saturated carbocycles. The van der Waals surface area contributed by atoms with Crippen LogP contribution in [0.25, 0.3) is 10.8 Å². The van der Waals surface area contributed by atoms with E-state index in [9.17, 15) is 19.2 Å². The molecule has 1 atom stereocenters. The van der Waals surface area contributed by atoms with E-state index in [0.29, 0.717) is 16.8 Å². The van der Waals surface area contributed by atoms with Crippen LogP contribution in [0.15, 0.2) is 66.7 Å². The summed E-state index contributed by atoms with van der Waals surface area (Å²) in [6.07, 6.45) is 0. The second kappa shape index (κ2) is 6.38. The van der Waals surface area contributed by atoms with Gasteiger partial charge in [-0.05, 0) is 23.1 Å². The van der Waals surface area contributed by atoms with Crippen molar-refractivity contribution in [1.29, 1.82) is 0 Å². The SMILES string of the molecule is O=C1C(=O)N(C(=O)CN2C(=O)c3cccc4cccc2c34)C[C@@H]1c1ccccc1. The van der Waals surface area contributed by atoms with Crippen molar-refractivity contribution in [1.82, 2.24) is 4.90 Å². The molecule has 1 fully saturated rings. The minimum Gasteiger partial charge on any atom is -0.298 e. The Balaban J connectivity index is 1.42. The summed E-state index contributed by atoms with van der Waals surface area (Å²) in [5.74, 6) is -2.90. The highest BCUT2D eigenvalue weighted by molar-refractivity contribution is 6.43. The van der Waals surface area contributed by atoms with Gasteiger partial charge in [0.15, 0.2) is 0 Å². The van der Waals surface area contributed by atoms with Crippen LogP contribution in [0.4, 0.5) is 5.69 Å². The van der Waals surface area contributed by atoms with Crippen LogP contribution in [0, 0.1) is 0 Å². The van der Waals surface area contributed by atoms with Crippen molar-refractivity contribution >= 4 is 40.0 Å². The maximum atomic E-state index is 12.9. The zero-order valence-corrected chi connectivity index (χ0v) is 15.4. The normalized spacial score (nSPS) is 18.2. The number of hydrogen-bond acceptors (Lipinski definition) is 4. The molecule has 6 nitrogen and oxygen atoms in total. The van der Waals surface area contributed by atoms with Crippen LogP contribution >= 0.6 is 0 Å². The van der Waals surface area contributed by atoms with Crippen LogP contribution in [0.5, 0.6) is 0 Å². The van der Waals surface area contributed by atoms with Crippen molar-refractivity contribution in [2.45, 2.75) is 5.92 Å². The molecule has 0 aromatic heterocycles. The zero-order valence-electron chi connectivity index (χ0n) is 15.4. The molecule has 2 aliphatic heterocycles. The van der Waals surface area contributed by atoms with Gasteiger partial charge in [-0.2, -0.15) is 0 Å². The molecule has 0 bridgehead atoms. The number of Topliss-reactive ketones (excluding diaryl/α,β-unsaturated/α-hetero) is 1. The van der Waals surface area contributed by atoms with Gasteiger partial charge in [0, 0.05) is 17.5 Å². The summed E-state index contributed by atoms with van der Waals surface area (Å²) in [6, 6.07) is 19.9. The van der Waals surface area contributed by atoms with E-state index >= 15 is 0 Å². The van der Waals surface area contributed by atoms with E-state index in [-0.39, 0.29) is 19.0 Å². The Bertz CT molecular complexity index is 1200. The fourth-order valence-corrected chi connectivity index (χ4v) is 4.14. The molecule has 0 aliphatic carbocycles. The summed E-state index contributed by atoms with van der Waals surface area (Å²) in [7, 11) is 0. The molecular weight excluding hydrogens is 368 g/mol. The van der Waals surface area contributed by atoms with Crippen LogP contribution in [-0.4, -0.2) is 41.5 Å². The first kappa shape index (κ1) is 17.3. The van der Waals surface area contributed by atoms with Gasteiger partial charge in [-0.3, -0.25) is 29.0 Å². The van der Waals surface area contributed by atoms with Gasteiger partial charge < -0.3 is 0 Å². The lowest BCUT2D eigenvalue weighted by atomic mass is 9.97. The number of rotatable bonds is 3. The Hall–Kier alpha value is -3.80. The zero-order chi connectivity index (χ0) is 20.1. The molecule has 29 heavy (non-hydrogen) atoms. The molecule has 1 saturated heterocycles. The predicted octanol–water partition coefficient (Wildman–Crippen LogP) is 2.52. The molecule has 3 amide bonds. The summed E-state index contributed by atoms with van der Waals surface area (Å²) >= 11 is 0. The molecule has 0 N–H and O–H groups in total. The van der Waals surface area contributed by atoms with Crippen molar-refractivity contribution in [3.8, 4) is 0 Å². The van der Waals surface area contributed by atoms with E-state index in [1.807, 2.05) is 24.3 Å². The van der Waals surface area contributed by atoms with Gasteiger partial charge in [-0.25, -0.2) is 0 Å². The van der Waals surface area contributed by atoms with E-state index in [1.165, 1.54) is 4.90 Å². The summed E-state index contributed by atoms with van der Waals surface area (Å²) in [5, 5.41) is 1.72. The Labute approximate surface area is 166 Å². The maximum absolute atomic E-state index is 12.9. The molecule has 3 aromatic rings. The highest BCUT2D eigenvalue weighted by atomic mass is 16.2. The van der Waals surface area contributed by atoms with Crippen molar-refractivity contribution in [3.05, 3.63) is 77.9 Å². The summed E-state index contributed by atoms with van der Waals surface area (Å²) in [5.41, 5.74) is 1.89. The second-order valence-electron chi connectivity index (χ2n) is 7.21. The number of amides is 3. The van der Waals surface area contributed by atoms with Gasteiger partial charge in [0.05, 0.1) is 11.6 Å². The number of nitrogens with zero attached hydrogens (tertiary/aromatic N) is 2. The standard InChI is InChI=1S/C23H16N2O4/c26-19(25-12-17(21(27)23(25)29)14-6-2-1-3-7-14)13-24-18-11-5-9-15-8-4-10-16(20(15)18)22(24)28/h1-11,17H,12-13H2/t17-/m1/s1. The molecule has 2 aliphatic rings. The third-order valence-corrected chi connectivity index (χ3v) is 5.58. The highest BCUT2D eigenvalue weighted by Gasteiger charge is 2.43. The average molecular weight is 384 g/mol. The summed E-state index contributed by atoms with van der Waals surface area (Å²) < 4.78 is 0. The quantitative estimate of drug-likeness (QED) is 0.651. The Morgan fingerprint density at radius 2 is 1.59 bits per heavy atom. The molecule has 6 heteroatoms. The minimum absolute atomic E-state index is 0.000305. The number of carbonyl (C=O) groups is 4. The molecule has 2 heterocycles. The third-order valence-electron chi connectivity index (χ3n) is 5.58. The van der Waals surface area contributed by atoms with Crippen LogP contribution in [0.3, 0.4) is 0 Å². The number of benzene rings is 3. The lowest BCUT2D eigenvalue weighted by Gasteiger charge is -2.20. The van der Waals surface area contributed by atoms with Gasteiger partial charge in [0.25, 0.3) is 11.8 Å². The first-order valence-corrected chi connectivity index (χ1v) is 9.33. The number of imide groups is 1. The van der Waals surface area contributed by atoms with Crippen LogP contribution in [0.1, 0.15) is 21.8 Å². The van der Waals surface area contributed by atoms with Crippen LogP contribution in [-0.2, 0) is 14.4 Å². The van der Waals surface area contributed by atoms with E-state index in [2.05, 4.69) is 0 Å². The second-order valence-corrected chi connectivity index (χ2v) is 7.21. The van der Waals surface area contributed by atoms with Crippen LogP contribution in [0.2, 0.25) is 0 Å². The van der Waals surface area contributed by atoms with E-state index in [0.717, 1.165) is 15.7 Å². The van der Waals surface area contributed by atoms with Gasteiger partial charge in [-0.15, -0.1) is 0 Å². The van der Waals surface area contributed by atoms with Crippen molar-refractivity contribution in [2.24, 2.45) is 0 Å². The molecule has 0 spiro atoms. The largest absolute Gasteiger partial charge is 0.298 e. The fourth-order valence-electron chi connectivity index (χ4n) is 4.14. The molecular formula is C23H16N2O4. The van der Waals surface area contributed by atoms with Crippen molar-refractivity contribution in [2.75, 3.05) is 18.0 Å². The summed E-state index contributed by atoms with van der Waals surface area (Å²) in [4.78, 5) is 53.0. The fraction of sp³-hybridized carbons (Fsp3) is 0.130. The molecule has 3 aromatic carbocycles. The number of likely N-dealkylation sites (tertiary alicyclic amines) is 1. The number of anilines is 1. The van der Waals surface area contributed by atoms with Gasteiger partial charge in [0.1, 0.15) is 6.54 Å². The van der Waals surface area contributed by atoms with Gasteiger partial charge >= 0.3 is 0 Å². The molecule has 0 radical (unpaired) electrons. The van der Waals surface area contributed by atoms with E-state index in [4.69, 9.17) is 0 Å². The van der Waals surface area contributed by atoms with Gasteiger partial charge in [-0.1, -0.05) is 54.6 Å². The Kier molecular flexibility index (Phi) is 3.81. The molecule has 5 rings (SSSR count). The molecule has 142 valence electrons. The van der Waals surface area contributed by atoms with E-state index in [1.54, 1.807) is 42.5 Å². The first-order chi connectivity index (χ1) is 14.1. The number of ketones is 1. The number of hydrogen-bond donors (Lipinski definition) is 0. The van der Waals surface area contributed by atoms with Crippen molar-refractivity contribution < 1.29 is 19.2 Å². The van der Waals surface area contributed by atoms with Crippen LogP contribution < -0.4 is 4.90 Å². The molecule has 0 unspecified atom stereocenters.